The van der Waals surface area contributed by atoms with Gasteiger partial charge in [0.2, 0.25) is 0 Å². The first kappa shape index (κ1) is 19.5. The Bertz CT molecular complexity index is 747. The number of carbonyl (C=O) groups excluding carboxylic acids is 1. The Kier molecular flexibility index (Phi) is 6.19. The van der Waals surface area contributed by atoms with Crippen molar-refractivity contribution in [1.29, 1.82) is 0 Å². The van der Waals surface area contributed by atoms with E-state index in [2.05, 4.69) is 39.9 Å². The lowest BCUT2D eigenvalue weighted by atomic mass is 10.1. The summed E-state index contributed by atoms with van der Waals surface area (Å²) in [5.41, 5.74) is 3.46. The summed E-state index contributed by atoms with van der Waals surface area (Å²) in [6.45, 7) is 9.72. The smallest absolute Gasteiger partial charge is 0.253 e. The molecule has 1 saturated heterocycles. The van der Waals surface area contributed by atoms with Crippen LogP contribution in [0, 0.1) is 0 Å². The van der Waals surface area contributed by atoms with Crippen LogP contribution in [0.4, 0.5) is 0 Å². The molecule has 1 fully saturated rings. The van der Waals surface area contributed by atoms with Crippen LogP contribution in [-0.4, -0.2) is 77.1 Å². The topological polar surface area (TPSA) is 52.6 Å². The van der Waals surface area contributed by atoms with Crippen molar-refractivity contribution in [1.82, 2.24) is 24.9 Å². The van der Waals surface area contributed by atoms with Gasteiger partial charge in [0.1, 0.15) is 0 Å². The minimum Gasteiger partial charge on any atom is -0.345 e. The molecule has 0 N–H and O–H groups in total. The van der Waals surface area contributed by atoms with Gasteiger partial charge in [-0.15, -0.1) is 0 Å². The fourth-order valence-electron chi connectivity index (χ4n) is 3.31. The zero-order valence-electron chi connectivity index (χ0n) is 16.7. The second-order valence-electron chi connectivity index (χ2n) is 7.59. The standard InChI is InChI=1S/C21H29N5O/c1-16(2)26-13-11-25(12-14-26)15-19-9-10-20(23-22-19)17-5-7-18(8-6-17)21(27)24(3)4/h5-10,16H,11-15H2,1-4H3. The minimum atomic E-state index is 0.000506. The predicted molar refractivity (Wildman–Crippen MR) is 107 cm³/mol. The Hall–Kier alpha value is -2.31. The maximum atomic E-state index is 12.0. The molecule has 27 heavy (non-hydrogen) atoms. The Morgan fingerprint density at radius 2 is 1.67 bits per heavy atom. The number of nitrogens with zero attached hydrogens (tertiary/aromatic N) is 5. The molecule has 144 valence electrons. The first-order valence-corrected chi connectivity index (χ1v) is 9.55. The zero-order valence-corrected chi connectivity index (χ0v) is 16.7. The van der Waals surface area contributed by atoms with Gasteiger partial charge in [0.15, 0.2) is 0 Å². The van der Waals surface area contributed by atoms with E-state index in [-0.39, 0.29) is 5.91 Å². The van der Waals surface area contributed by atoms with E-state index in [0.29, 0.717) is 11.6 Å². The average molecular weight is 367 g/mol. The van der Waals surface area contributed by atoms with Crippen LogP contribution in [0.2, 0.25) is 0 Å². The lowest BCUT2D eigenvalue weighted by Crippen LogP contribution is -2.48. The molecule has 2 aromatic rings. The Morgan fingerprint density at radius 3 is 2.19 bits per heavy atom. The molecular formula is C21H29N5O. The molecule has 6 nitrogen and oxygen atoms in total. The molecule has 1 amide bonds. The van der Waals surface area contributed by atoms with Gasteiger partial charge in [-0.3, -0.25) is 14.6 Å². The van der Waals surface area contributed by atoms with E-state index >= 15 is 0 Å². The van der Waals surface area contributed by atoms with Crippen LogP contribution in [0.3, 0.4) is 0 Å². The number of carbonyl (C=O) groups is 1. The number of rotatable bonds is 5. The molecular weight excluding hydrogens is 338 g/mol. The van der Waals surface area contributed by atoms with Crippen molar-refractivity contribution in [2.24, 2.45) is 0 Å². The summed E-state index contributed by atoms with van der Waals surface area (Å²) >= 11 is 0. The van der Waals surface area contributed by atoms with Crippen LogP contribution in [0.1, 0.15) is 29.9 Å². The van der Waals surface area contributed by atoms with E-state index in [1.165, 1.54) is 0 Å². The highest BCUT2D eigenvalue weighted by molar-refractivity contribution is 5.94. The fraction of sp³-hybridized carbons (Fsp3) is 0.476. The number of hydrogen-bond acceptors (Lipinski definition) is 5. The van der Waals surface area contributed by atoms with Crippen molar-refractivity contribution < 1.29 is 4.79 Å². The minimum absolute atomic E-state index is 0.000506. The van der Waals surface area contributed by atoms with Crippen LogP contribution in [-0.2, 0) is 6.54 Å². The number of aromatic nitrogens is 2. The van der Waals surface area contributed by atoms with Gasteiger partial charge in [-0.2, -0.15) is 10.2 Å². The van der Waals surface area contributed by atoms with Gasteiger partial charge < -0.3 is 4.90 Å². The third kappa shape index (κ3) is 4.90. The van der Waals surface area contributed by atoms with Crippen LogP contribution in [0.15, 0.2) is 36.4 Å². The van der Waals surface area contributed by atoms with E-state index < -0.39 is 0 Å². The summed E-state index contributed by atoms with van der Waals surface area (Å²) < 4.78 is 0. The van der Waals surface area contributed by atoms with Crippen LogP contribution >= 0.6 is 0 Å². The fourth-order valence-corrected chi connectivity index (χ4v) is 3.31. The van der Waals surface area contributed by atoms with Gasteiger partial charge in [0.25, 0.3) is 5.91 Å². The molecule has 2 heterocycles. The van der Waals surface area contributed by atoms with Gasteiger partial charge in [0.05, 0.1) is 11.4 Å². The van der Waals surface area contributed by atoms with Gasteiger partial charge in [-0.25, -0.2) is 0 Å². The highest BCUT2D eigenvalue weighted by atomic mass is 16.2. The van der Waals surface area contributed by atoms with E-state index in [9.17, 15) is 4.79 Å². The highest BCUT2D eigenvalue weighted by Gasteiger charge is 2.19. The van der Waals surface area contributed by atoms with Crippen LogP contribution < -0.4 is 0 Å². The Labute approximate surface area is 161 Å². The molecule has 1 aliphatic heterocycles. The molecule has 0 unspecified atom stereocenters. The number of amides is 1. The van der Waals surface area contributed by atoms with Crippen LogP contribution in [0.5, 0.6) is 0 Å². The quantitative estimate of drug-likeness (QED) is 0.812. The molecule has 1 aliphatic rings. The molecule has 1 aromatic heterocycles. The third-order valence-electron chi connectivity index (χ3n) is 5.08. The normalized spacial score (nSPS) is 15.9. The molecule has 0 radical (unpaired) electrons. The summed E-state index contributed by atoms with van der Waals surface area (Å²) in [5, 5.41) is 8.79. The van der Waals surface area contributed by atoms with Crippen molar-refractivity contribution in [2.45, 2.75) is 26.4 Å². The molecule has 6 heteroatoms. The molecule has 0 atom stereocenters. The molecule has 0 bridgehead atoms. The predicted octanol–water partition coefficient (Wildman–Crippen LogP) is 2.37. The van der Waals surface area contributed by atoms with Gasteiger partial charge in [-0.05, 0) is 38.1 Å². The van der Waals surface area contributed by atoms with Gasteiger partial charge in [0, 0.05) is 64.0 Å². The lowest BCUT2D eigenvalue weighted by Gasteiger charge is -2.36. The second kappa shape index (κ2) is 8.59. The first-order chi connectivity index (χ1) is 12.9. The van der Waals surface area contributed by atoms with Crippen molar-refractivity contribution >= 4 is 5.91 Å². The maximum Gasteiger partial charge on any atom is 0.253 e. The Morgan fingerprint density at radius 1 is 1.00 bits per heavy atom. The number of piperazine rings is 1. The SMILES string of the molecule is CC(C)N1CCN(Cc2ccc(-c3ccc(C(=O)N(C)C)cc3)nn2)CC1. The van der Waals surface area contributed by atoms with Crippen molar-refractivity contribution in [3.05, 3.63) is 47.7 Å². The summed E-state index contributed by atoms with van der Waals surface area (Å²) in [6.07, 6.45) is 0. The van der Waals surface area contributed by atoms with E-state index in [1.54, 1.807) is 19.0 Å². The van der Waals surface area contributed by atoms with E-state index in [4.69, 9.17) is 0 Å². The second-order valence-corrected chi connectivity index (χ2v) is 7.59. The number of benzene rings is 1. The number of hydrogen-bond donors (Lipinski definition) is 0. The van der Waals surface area contributed by atoms with Crippen molar-refractivity contribution in [3.8, 4) is 11.3 Å². The van der Waals surface area contributed by atoms with E-state index in [1.807, 2.05) is 30.3 Å². The highest BCUT2D eigenvalue weighted by Crippen LogP contribution is 2.18. The lowest BCUT2D eigenvalue weighted by molar-refractivity contribution is 0.0827. The summed E-state index contributed by atoms with van der Waals surface area (Å²) in [6, 6.07) is 12.2. The monoisotopic (exact) mass is 367 g/mol. The van der Waals surface area contributed by atoms with Crippen LogP contribution in [0.25, 0.3) is 11.3 Å². The molecule has 1 aromatic carbocycles. The molecule has 3 rings (SSSR count). The average Bonchev–Trinajstić information content (AvgIpc) is 2.68. The summed E-state index contributed by atoms with van der Waals surface area (Å²) in [4.78, 5) is 18.5. The molecule has 0 aliphatic carbocycles. The Balaban J connectivity index is 1.60. The maximum absolute atomic E-state index is 12.0. The van der Waals surface area contributed by atoms with Crippen molar-refractivity contribution in [3.63, 3.8) is 0 Å². The molecule has 0 saturated carbocycles. The summed E-state index contributed by atoms with van der Waals surface area (Å²) in [7, 11) is 3.51. The van der Waals surface area contributed by atoms with E-state index in [0.717, 1.165) is 49.7 Å². The largest absolute Gasteiger partial charge is 0.345 e. The zero-order chi connectivity index (χ0) is 19.4. The third-order valence-corrected chi connectivity index (χ3v) is 5.08. The van der Waals surface area contributed by atoms with Gasteiger partial charge in [-0.1, -0.05) is 12.1 Å². The molecule has 0 spiro atoms. The summed E-state index contributed by atoms with van der Waals surface area (Å²) in [5.74, 6) is 0.000506. The van der Waals surface area contributed by atoms with Crippen molar-refractivity contribution in [2.75, 3.05) is 40.3 Å². The first-order valence-electron chi connectivity index (χ1n) is 9.55. The van der Waals surface area contributed by atoms with Gasteiger partial charge >= 0.3 is 0 Å².